The monoisotopic (exact) mass is 195 g/mol. The summed E-state index contributed by atoms with van der Waals surface area (Å²) in [6.07, 6.45) is 1.25. The fourth-order valence-electron chi connectivity index (χ4n) is 1.29. The third-order valence-corrected chi connectivity index (χ3v) is 2.45. The number of alkyl halides is 1. The van der Waals surface area contributed by atoms with E-state index in [-0.39, 0.29) is 0 Å². The van der Waals surface area contributed by atoms with Gasteiger partial charge in [0, 0.05) is 11.8 Å². The molecule has 1 aliphatic heterocycles. The van der Waals surface area contributed by atoms with Gasteiger partial charge in [-0.1, -0.05) is 29.8 Å². The van der Waals surface area contributed by atoms with Crippen LogP contribution in [0.1, 0.15) is 5.56 Å². The number of aliphatic carboxylic acids is 1. The molecule has 1 heterocycles. The standard InChI is InChI=1S/C9H6ClNO2/c10-9(8(12)13)5-11-7-4-2-1-3-6(7)9/h1-5H,(H,12,13). The molecule has 0 bridgehead atoms. The van der Waals surface area contributed by atoms with Crippen molar-refractivity contribution in [2.24, 2.45) is 4.99 Å². The van der Waals surface area contributed by atoms with Crippen molar-refractivity contribution in [2.45, 2.75) is 4.87 Å². The summed E-state index contributed by atoms with van der Waals surface area (Å²) in [5.41, 5.74) is 1.16. The molecule has 66 valence electrons. The summed E-state index contributed by atoms with van der Waals surface area (Å²) < 4.78 is 0. The summed E-state index contributed by atoms with van der Waals surface area (Å²) in [7, 11) is 0. The van der Waals surface area contributed by atoms with Crippen LogP contribution in [0.15, 0.2) is 29.3 Å². The maximum atomic E-state index is 10.9. The van der Waals surface area contributed by atoms with E-state index in [0.717, 1.165) is 0 Å². The molecule has 0 spiro atoms. The van der Waals surface area contributed by atoms with Gasteiger partial charge < -0.3 is 5.11 Å². The van der Waals surface area contributed by atoms with Crippen molar-refractivity contribution in [1.29, 1.82) is 0 Å². The fourth-order valence-corrected chi connectivity index (χ4v) is 1.50. The molecule has 0 radical (unpaired) electrons. The van der Waals surface area contributed by atoms with Crippen LogP contribution in [0.2, 0.25) is 0 Å². The van der Waals surface area contributed by atoms with Crippen molar-refractivity contribution in [2.75, 3.05) is 0 Å². The molecule has 13 heavy (non-hydrogen) atoms. The van der Waals surface area contributed by atoms with E-state index in [9.17, 15) is 4.79 Å². The Hall–Kier alpha value is -1.35. The highest BCUT2D eigenvalue weighted by atomic mass is 35.5. The first-order chi connectivity index (χ1) is 6.14. The maximum absolute atomic E-state index is 10.9. The summed E-state index contributed by atoms with van der Waals surface area (Å²) in [5, 5.41) is 8.90. The van der Waals surface area contributed by atoms with E-state index in [0.29, 0.717) is 11.3 Å². The molecule has 0 aliphatic carbocycles. The Bertz CT molecular complexity index is 402. The number of carbonyl (C=O) groups is 1. The van der Waals surface area contributed by atoms with Crippen LogP contribution in [-0.4, -0.2) is 17.3 Å². The minimum atomic E-state index is -1.48. The number of halogens is 1. The molecule has 0 aromatic heterocycles. The van der Waals surface area contributed by atoms with Gasteiger partial charge >= 0.3 is 5.97 Å². The van der Waals surface area contributed by atoms with E-state index in [1.165, 1.54) is 6.21 Å². The lowest BCUT2D eigenvalue weighted by molar-refractivity contribution is -0.138. The SMILES string of the molecule is O=C(O)C1(Cl)C=Nc2ccccc21. The molecule has 3 nitrogen and oxygen atoms in total. The van der Waals surface area contributed by atoms with Crippen molar-refractivity contribution in [3.63, 3.8) is 0 Å². The molecule has 1 unspecified atom stereocenters. The Labute approximate surface area is 79.7 Å². The average molecular weight is 196 g/mol. The fraction of sp³-hybridized carbons (Fsp3) is 0.111. The predicted molar refractivity (Wildman–Crippen MR) is 49.8 cm³/mol. The second kappa shape index (κ2) is 2.57. The van der Waals surface area contributed by atoms with Gasteiger partial charge in [0.2, 0.25) is 4.87 Å². The van der Waals surface area contributed by atoms with Gasteiger partial charge in [-0.3, -0.25) is 4.99 Å². The van der Waals surface area contributed by atoms with Gasteiger partial charge in [0.1, 0.15) is 0 Å². The zero-order chi connectivity index (χ0) is 9.47. The Morgan fingerprint density at radius 1 is 1.46 bits per heavy atom. The first-order valence-corrected chi connectivity index (χ1v) is 4.09. The topological polar surface area (TPSA) is 49.7 Å². The zero-order valence-electron chi connectivity index (χ0n) is 6.57. The van der Waals surface area contributed by atoms with Crippen LogP contribution in [0.25, 0.3) is 0 Å². The van der Waals surface area contributed by atoms with Crippen LogP contribution in [0.3, 0.4) is 0 Å². The van der Waals surface area contributed by atoms with E-state index in [1.54, 1.807) is 24.3 Å². The lowest BCUT2D eigenvalue weighted by atomic mass is 10.0. The molecular weight excluding hydrogens is 190 g/mol. The summed E-state index contributed by atoms with van der Waals surface area (Å²) in [4.78, 5) is 13.3. The highest BCUT2D eigenvalue weighted by Gasteiger charge is 2.41. The molecule has 1 aromatic carbocycles. The number of aliphatic imine (C=N–C) groups is 1. The van der Waals surface area contributed by atoms with Gasteiger partial charge in [0.15, 0.2) is 0 Å². The lowest BCUT2D eigenvalue weighted by Gasteiger charge is -2.13. The number of para-hydroxylation sites is 1. The van der Waals surface area contributed by atoms with Gasteiger partial charge in [-0.05, 0) is 6.07 Å². The second-order valence-electron chi connectivity index (χ2n) is 2.79. The Morgan fingerprint density at radius 3 is 2.85 bits per heavy atom. The van der Waals surface area contributed by atoms with Crippen LogP contribution in [-0.2, 0) is 9.67 Å². The predicted octanol–water partition coefficient (Wildman–Crippen LogP) is 1.92. The van der Waals surface area contributed by atoms with Crippen molar-refractivity contribution < 1.29 is 9.90 Å². The number of fused-ring (bicyclic) bond motifs is 1. The van der Waals surface area contributed by atoms with Crippen molar-refractivity contribution >= 4 is 29.5 Å². The molecule has 0 saturated carbocycles. The molecule has 4 heteroatoms. The third kappa shape index (κ3) is 1.04. The summed E-state index contributed by atoms with van der Waals surface area (Å²) in [5.74, 6) is -1.09. The third-order valence-electron chi connectivity index (χ3n) is 1.99. The van der Waals surface area contributed by atoms with Crippen LogP contribution < -0.4 is 0 Å². The average Bonchev–Trinajstić information content (AvgIpc) is 2.47. The molecule has 0 saturated heterocycles. The van der Waals surface area contributed by atoms with Gasteiger partial charge in [-0.15, -0.1) is 0 Å². The molecular formula is C9H6ClNO2. The smallest absolute Gasteiger partial charge is 0.335 e. The van der Waals surface area contributed by atoms with Crippen LogP contribution in [0.5, 0.6) is 0 Å². The van der Waals surface area contributed by atoms with Crippen LogP contribution >= 0.6 is 11.6 Å². The van der Waals surface area contributed by atoms with Crippen molar-refractivity contribution in [3.8, 4) is 0 Å². The summed E-state index contributed by atoms with van der Waals surface area (Å²) in [6, 6.07) is 6.94. The number of nitrogens with zero attached hydrogens (tertiary/aromatic N) is 1. The molecule has 1 aliphatic rings. The van der Waals surface area contributed by atoms with Gasteiger partial charge in [0.25, 0.3) is 0 Å². The Kier molecular flexibility index (Phi) is 1.63. The number of carboxylic acid groups (broad SMARTS) is 1. The van der Waals surface area contributed by atoms with E-state index in [2.05, 4.69) is 4.99 Å². The Balaban J connectivity index is 2.61. The normalized spacial score (nSPS) is 24.4. The first kappa shape index (κ1) is 8.26. The van der Waals surface area contributed by atoms with Gasteiger partial charge in [-0.2, -0.15) is 0 Å². The van der Waals surface area contributed by atoms with E-state index in [4.69, 9.17) is 16.7 Å². The van der Waals surface area contributed by atoms with E-state index in [1.807, 2.05) is 0 Å². The minimum Gasteiger partial charge on any atom is -0.479 e. The van der Waals surface area contributed by atoms with Crippen LogP contribution in [0, 0.1) is 0 Å². The Morgan fingerprint density at radius 2 is 2.15 bits per heavy atom. The molecule has 1 N–H and O–H groups in total. The number of rotatable bonds is 1. The summed E-state index contributed by atoms with van der Waals surface area (Å²) >= 11 is 5.89. The van der Waals surface area contributed by atoms with Crippen molar-refractivity contribution in [1.82, 2.24) is 0 Å². The number of benzene rings is 1. The maximum Gasteiger partial charge on any atom is 0.335 e. The largest absolute Gasteiger partial charge is 0.479 e. The van der Waals surface area contributed by atoms with Gasteiger partial charge in [0.05, 0.1) is 5.69 Å². The van der Waals surface area contributed by atoms with E-state index < -0.39 is 10.8 Å². The highest BCUT2D eigenvalue weighted by Crippen LogP contribution is 2.39. The number of hydrogen-bond acceptors (Lipinski definition) is 2. The quantitative estimate of drug-likeness (QED) is 0.696. The zero-order valence-corrected chi connectivity index (χ0v) is 7.32. The van der Waals surface area contributed by atoms with Gasteiger partial charge in [-0.25, -0.2) is 4.79 Å². The lowest BCUT2D eigenvalue weighted by Crippen LogP contribution is -2.28. The minimum absolute atomic E-state index is 0.532. The number of hydrogen-bond donors (Lipinski definition) is 1. The van der Waals surface area contributed by atoms with E-state index >= 15 is 0 Å². The molecule has 0 amide bonds. The van der Waals surface area contributed by atoms with Crippen LogP contribution in [0.4, 0.5) is 5.69 Å². The highest BCUT2D eigenvalue weighted by molar-refractivity contribution is 6.43. The van der Waals surface area contributed by atoms with Crippen molar-refractivity contribution in [3.05, 3.63) is 29.8 Å². The summed E-state index contributed by atoms with van der Waals surface area (Å²) in [6.45, 7) is 0. The molecule has 2 rings (SSSR count). The second-order valence-corrected chi connectivity index (χ2v) is 3.39. The molecule has 0 fully saturated rings. The number of carboxylic acids is 1. The molecule has 1 aromatic rings. The molecule has 1 atom stereocenters. The first-order valence-electron chi connectivity index (χ1n) is 3.71.